The van der Waals surface area contributed by atoms with Gasteiger partial charge in [0.05, 0.1) is 11.1 Å². The van der Waals surface area contributed by atoms with Crippen LogP contribution in [-0.4, -0.2) is 30.9 Å². The number of aliphatic imine (C=N–C) groups is 1. The van der Waals surface area contributed by atoms with Crippen molar-refractivity contribution in [3.63, 3.8) is 0 Å². The summed E-state index contributed by atoms with van der Waals surface area (Å²) in [6.07, 6.45) is -1.67. The minimum absolute atomic E-state index is 0.0723. The third-order valence-corrected chi connectivity index (χ3v) is 4.19. The Morgan fingerprint density at radius 1 is 1.03 bits per heavy atom. The monoisotopic (exact) mass is 421 g/mol. The number of benzene rings is 1. The minimum atomic E-state index is -4.49. The van der Waals surface area contributed by atoms with Crippen LogP contribution in [0.4, 0.5) is 30.7 Å². The van der Waals surface area contributed by atoms with E-state index in [9.17, 15) is 30.7 Å². The van der Waals surface area contributed by atoms with Gasteiger partial charge >= 0.3 is 18.0 Å². The van der Waals surface area contributed by atoms with E-state index in [-0.39, 0.29) is 31.5 Å². The van der Waals surface area contributed by atoms with E-state index in [1.807, 2.05) is 0 Å². The van der Waals surface area contributed by atoms with Crippen molar-refractivity contribution in [3.05, 3.63) is 71.2 Å². The fourth-order valence-corrected chi connectivity index (χ4v) is 2.63. The Hall–Kier alpha value is -2.78. The Kier molecular flexibility index (Phi) is 5.46. The second kappa shape index (κ2) is 7.57. The van der Waals surface area contributed by atoms with E-state index < -0.39 is 34.9 Å². The van der Waals surface area contributed by atoms with Gasteiger partial charge in [-0.25, -0.2) is 0 Å². The fraction of sp³-hybridized carbons (Fsp3) is 0.316. The topological polar surface area (TPSA) is 30.8 Å². The molecule has 3 nitrogen and oxygen atoms in total. The highest BCUT2D eigenvalue weighted by Gasteiger charge is 2.59. The molecule has 0 atom stereocenters. The van der Waals surface area contributed by atoms with Crippen LogP contribution in [0.2, 0.25) is 0 Å². The molecule has 0 radical (unpaired) electrons. The molecule has 0 saturated heterocycles. The molecule has 29 heavy (non-hydrogen) atoms. The van der Waals surface area contributed by atoms with E-state index in [0.717, 1.165) is 30.5 Å². The summed E-state index contributed by atoms with van der Waals surface area (Å²) in [6.45, 7) is -0.121. The number of hydrogen-bond acceptors (Lipinski definition) is 3. The van der Waals surface area contributed by atoms with Crippen LogP contribution in [0.5, 0.6) is 0 Å². The van der Waals surface area contributed by atoms with Crippen LogP contribution < -0.4 is 0 Å². The van der Waals surface area contributed by atoms with Gasteiger partial charge in [-0.15, -0.1) is 0 Å². The SMILES string of the molecule is FC(F)(F)c1ccc(CCN=C2COC=C(C3=CC=CC(F)(F)C3(F)F)O2)cc1. The Morgan fingerprint density at radius 2 is 1.72 bits per heavy atom. The molecule has 0 unspecified atom stereocenters. The molecule has 1 aliphatic heterocycles. The van der Waals surface area contributed by atoms with Crippen molar-refractivity contribution in [3.8, 4) is 0 Å². The van der Waals surface area contributed by atoms with E-state index in [4.69, 9.17) is 9.47 Å². The number of hydrogen-bond donors (Lipinski definition) is 0. The molecule has 0 bridgehead atoms. The molecular weight excluding hydrogens is 407 g/mol. The van der Waals surface area contributed by atoms with Crippen LogP contribution in [-0.2, 0) is 22.1 Å². The first-order chi connectivity index (χ1) is 13.5. The molecule has 0 saturated carbocycles. The highest BCUT2D eigenvalue weighted by Crippen LogP contribution is 2.46. The summed E-state index contributed by atoms with van der Waals surface area (Å²) in [4.78, 5) is 4.01. The normalized spacial score (nSPS) is 21.8. The van der Waals surface area contributed by atoms with Crippen LogP contribution in [0.3, 0.4) is 0 Å². The van der Waals surface area contributed by atoms with Gasteiger partial charge in [0.2, 0.25) is 5.90 Å². The van der Waals surface area contributed by atoms with E-state index in [1.54, 1.807) is 0 Å². The molecule has 3 rings (SSSR count). The number of allylic oxidation sites excluding steroid dienone is 4. The van der Waals surface area contributed by atoms with Gasteiger partial charge in [0.1, 0.15) is 6.26 Å². The quantitative estimate of drug-likeness (QED) is 0.618. The van der Waals surface area contributed by atoms with Crippen LogP contribution in [0, 0.1) is 0 Å². The van der Waals surface area contributed by atoms with Crippen molar-refractivity contribution >= 4 is 5.90 Å². The molecule has 10 heteroatoms. The van der Waals surface area contributed by atoms with Crippen molar-refractivity contribution < 1.29 is 40.2 Å². The molecule has 156 valence electrons. The molecule has 1 heterocycles. The van der Waals surface area contributed by atoms with Crippen LogP contribution in [0.1, 0.15) is 11.1 Å². The summed E-state index contributed by atoms with van der Waals surface area (Å²) in [5.41, 5.74) is -1.25. The lowest BCUT2D eigenvalue weighted by molar-refractivity contribution is -0.156. The summed E-state index contributed by atoms with van der Waals surface area (Å²) < 4.78 is 103. The van der Waals surface area contributed by atoms with Crippen LogP contribution in [0.25, 0.3) is 0 Å². The largest absolute Gasteiger partial charge is 0.488 e. The Balaban J connectivity index is 1.64. The average molecular weight is 421 g/mol. The molecule has 2 aliphatic rings. The second-order valence-electron chi connectivity index (χ2n) is 6.25. The van der Waals surface area contributed by atoms with Crippen molar-refractivity contribution in [2.24, 2.45) is 4.99 Å². The van der Waals surface area contributed by atoms with E-state index >= 15 is 0 Å². The van der Waals surface area contributed by atoms with Gasteiger partial charge in [-0.3, -0.25) is 4.99 Å². The maximum absolute atomic E-state index is 14.0. The molecule has 0 aromatic heterocycles. The summed E-state index contributed by atoms with van der Waals surface area (Å²) in [6, 6.07) is 4.48. The van der Waals surface area contributed by atoms with Gasteiger partial charge in [-0.05, 0) is 36.3 Å². The van der Waals surface area contributed by atoms with Crippen molar-refractivity contribution in [1.82, 2.24) is 0 Å². The zero-order valence-electron chi connectivity index (χ0n) is 14.6. The number of halogens is 7. The van der Waals surface area contributed by atoms with E-state index in [2.05, 4.69) is 4.99 Å². The predicted molar refractivity (Wildman–Crippen MR) is 89.7 cm³/mol. The maximum Gasteiger partial charge on any atom is 0.416 e. The van der Waals surface area contributed by atoms with E-state index in [0.29, 0.717) is 5.56 Å². The van der Waals surface area contributed by atoms with Gasteiger partial charge < -0.3 is 9.47 Å². The van der Waals surface area contributed by atoms with Crippen LogP contribution >= 0.6 is 0 Å². The summed E-state index contributed by atoms with van der Waals surface area (Å²) in [7, 11) is 0. The average Bonchev–Trinajstić information content (AvgIpc) is 2.64. The molecule has 0 spiro atoms. The van der Waals surface area contributed by atoms with Gasteiger partial charge in [-0.1, -0.05) is 18.2 Å². The first kappa shape index (κ1) is 20.9. The van der Waals surface area contributed by atoms with Gasteiger partial charge in [0.25, 0.3) is 0 Å². The zero-order valence-corrected chi connectivity index (χ0v) is 14.6. The van der Waals surface area contributed by atoms with Gasteiger partial charge in [0, 0.05) is 6.54 Å². The van der Waals surface area contributed by atoms with Crippen molar-refractivity contribution in [2.75, 3.05) is 13.2 Å². The number of alkyl halides is 7. The zero-order chi connectivity index (χ0) is 21.3. The van der Waals surface area contributed by atoms with Gasteiger partial charge in [-0.2, -0.15) is 30.7 Å². The number of ether oxygens (including phenoxy) is 2. The highest BCUT2D eigenvalue weighted by molar-refractivity contribution is 5.80. The van der Waals surface area contributed by atoms with Crippen molar-refractivity contribution in [1.29, 1.82) is 0 Å². The Labute approximate surface area is 160 Å². The highest BCUT2D eigenvalue weighted by atomic mass is 19.4. The lowest BCUT2D eigenvalue weighted by Crippen LogP contribution is -2.43. The Bertz CT molecular complexity index is 881. The molecular formula is C19H14F7NO2. The number of rotatable bonds is 4. The van der Waals surface area contributed by atoms with Crippen molar-refractivity contribution in [2.45, 2.75) is 24.4 Å². The van der Waals surface area contributed by atoms with E-state index in [1.165, 1.54) is 12.1 Å². The number of nitrogens with zero attached hydrogens (tertiary/aromatic N) is 1. The smallest absolute Gasteiger partial charge is 0.416 e. The first-order valence-electron chi connectivity index (χ1n) is 8.36. The second-order valence-corrected chi connectivity index (χ2v) is 6.25. The third kappa shape index (κ3) is 4.46. The molecule has 0 N–H and O–H groups in total. The summed E-state index contributed by atoms with van der Waals surface area (Å²) in [5.74, 6) is -9.55. The summed E-state index contributed by atoms with van der Waals surface area (Å²) in [5, 5.41) is 0. The Morgan fingerprint density at radius 3 is 2.38 bits per heavy atom. The van der Waals surface area contributed by atoms with Crippen LogP contribution in [0.15, 0.2) is 65.1 Å². The molecule has 1 aromatic carbocycles. The minimum Gasteiger partial charge on any atom is -0.488 e. The summed E-state index contributed by atoms with van der Waals surface area (Å²) >= 11 is 0. The molecule has 1 aromatic rings. The lowest BCUT2D eigenvalue weighted by atomic mass is 9.95. The third-order valence-electron chi connectivity index (χ3n) is 4.19. The lowest BCUT2D eigenvalue weighted by Gasteiger charge is -2.30. The standard InChI is InChI=1S/C19H14F7NO2/c20-17(21)8-1-2-14(18(17,22)23)15-10-28-11-16(29-15)27-9-7-12-3-5-13(6-4-12)19(24,25)26/h1-6,8,10H,7,9,11H2. The first-order valence-corrected chi connectivity index (χ1v) is 8.36. The van der Waals surface area contributed by atoms with Gasteiger partial charge in [0.15, 0.2) is 12.4 Å². The molecule has 0 amide bonds. The maximum atomic E-state index is 14.0. The predicted octanol–water partition coefficient (Wildman–Crippen LogP) is 5.30. The fourth-order valence-electron chi connectivity index (χ4n) is 2.63. The molecule has 1 aliphatic carbocycles. The molecule has 0 fully saturated rings.